The third-order valence-corrected chi connectivity index (χ3v) is 5.09. The van der Waals surface area contributed by atoms with E-state index in [1.807, 2.05) is 37.5 Å². The molecule has 2 N–H and O–H groups in total. The molecule has 144 valence electrons. The Morgan fingerprint density at radius 3 is 2.89 bits per heavy atom. The molecule has 0 unspecified atom stereocenters. The predicted molar refractivity (Wildman–Crippen MR) is 105 cm³/mol. The first-order valence-corrected chi connectivity index (χ1v) is 9.24. The van der Waals surface area contributed by atoms with Gasteiger partial charge in [0, 0.05) is 45.5 Å². The molecule has 1 aliphatic rings. The molecule has 0 atom stereocenters. The molecule has 0 aromatic carbocycles. The number of amides is 1. The molecule has 3 aromatic rings. The van der Waals surface area contributed by atoms with Gasteiger partial charge in [-0.15, -0.1) is 0 Å². The number of esters is 1. The van der Waals surface area contributed by atoms with E-state index in [9.17, 15) is 9.59 Å². The third kappa shape index (κ3) is 3.32. The number of ether oxygens (including phenoxy) is 1. The number of H-pyrrole nitrogens is 2. The van der Waals surface area contributed by atoms with Crippen LogP contribution in [0, 0.1) is 5.92 Å². The second-order valence-electron chi connectivity index (χ2n) is 6.72. The van der Waals surface area contributed by atoms with E-state index >= 15 is 0 Å². The van der Waals surface area contributed by atoms with E-state index in [0.29, 0.717) is 38.2 Å². The molecule has 3 aromatic heterocycles. The van der Waals surface area contributed by atoms with Gasteiger partial charge in [-0.25, -0.2) is 4.98 Å². The lowest BCUT2D eigenvalue weighted by Gasteiger charge is -2.30. The summed E-state index contributed by atoms with van der Waals surface area (Å²) in [4.78, 5) is 37.0. The molecule has 1 fully saturated rings. The number of hydrogen-bond donors (Lipinski definition) is 2. The van der Waals surface area contributed by atoms with Crippen LogP contribution in [0.25, 0.3) is 22.2 Å². The lowest BCUT2D eigenvalue weighted by atomic mass is 9.97. The Kier molecular flexibility index (Phi) is 4.66. The van der Waals surface area contributed by atoms with Gasteiger partial charge in [0.2, 0.25) is 0 Å². The van der Waals surface area contributed by atoms with Crippen LogP contribution < -0.4 is 0 Å². The van der Waals surface area contributed by atoms with Crippen molar-refractivity contribution in [2.75, 3.05) is 19.7 Å². The topological polar surface area (TPSA) is 91.1 Å². The molecule has 0 saturated carbocycles. The number of carbonyl (C=O) groups excluding carboxylic acids is 2. The Hall–Kier alpha value is -3.09. The standard InChI is InChI=1S/C20H22N4O3.2H2/c1-2-27-20(26)13-5-9-24(10-6-13)19(25)17-11-14(12-23-17)15-3-7-21-18-16(15)4-8-22-18;;/h3-4,7-8,11-13,23H,2,5-6,9-10H2,1H3,(H,21,22);2*1H. The quantitative estimate of drug-likeness (QED) is 0.688. The summed E-state index contributed by atoms with van der Waals surface area (Å²) in [6.45, 7) is 3.33. The van der Waals surface area contributed by atoms with Crippen LogP contribution in [0.15, 0.2) is 36.8 Å². The van der Waals surface area contributed by atoms with Gasteiger partial charge in [0.15, 0.2) is 0 Å². The maximum Gasteiger partial charge on any atom is 0.309 e. The predicted octanol–water partition coefficient (Wildman–Crippen LogP) is 3.47. The Morgan fingerprint density at radius 2 is 2.11 bits per heavy atom. The lowest BCUT2D eigenvalue weighted by molar-refractivity contribution is -0.149. The van der Waals surface area contributed by atoms with Gasteiger partial charge in [0.1, 0.15) is 11.3 Å². The van der Waals surface area contributed by atoms with E-state index in [-0.39, 0.29) is 20.6 Å². The van der Waals surface area contributed by atoms with Gasteiger partial charge in [-0.3, -0.25) is 9.59 Å². The minimum atomic E-state index is -0.153. The Labute approximate surface area is 159 Å². The van der Waals surface area contributed by atoms with Crippen molar-refractivity contribution in [3.8, 4) is 11.1 Å². The van der Waals surface area contributed by atoms with E-state index in [1.165, 1.54) is 0 Å². The van der Waals surface area contributed by atoms with E-state index in [4.69, 9.17) is 4.74 Å². The number of hydrogen-bond acceptors (Lipinski definition) is 4. The number of carbonyl (C=O) groups is 2. The number of nitrogens with zero attached hydrogens (tertiary/aromatic N) is 2. The van der Waals surface area contributed by atoms with Gasteiger partial charge in [-0.05, 0) is 43.5 Å². The number of likely N-dealkylation sites (tertiary alicyclic amines) is 1. The van der Waals surface area contributed by atoms with E-state index in [0.717, 1.165) is 22.2 Å². The molecule has 4 heterocycles. The summed E-state index contributed by atoms with van der Waals surface area (Å²) in [7, 11) is 0. The highest BCUT2D eigenvalue weighted by Gasteiger charge is 2.29. The van der Waals surface area contributed by atoms with Crippen molar-refractivity contribution in [1.29, 1.82) is 0 Å². The van der Waals surface area contributed by atoms with Crippen molar-refractivity contribution in [2.45, 2.75) is 19.8 Å². The normalized spacial score (nSPS) is 15.2. The van der Waals surface area contributed by atoms with Crippen LogP contribution in [0.4, 0.5) is 0 Å². The summed E-state index contributed by atoms with van der Waals surface area (Å²) < 4.78 is 5.09. The zero-order chi connectivity index (χ0) is 18.8. The Bertz CT molecular complexity index is 977. The van der Waals surface area contributed by atoms with Crippen molar-refractivity contribution in [2.24, 2.45) is 5.92 Å². The van der Waals surface area contributed by atoms with Crippen LogP contribution in [-0.2, 0) is 9.53 Å². The molecule has 0 radical (unpaired) electrons. The number of rotatable bonds is 4. The summed E-state index contributed by atoms with van der Waals surface area (Å²) in [6.07, 6.45) is 6.75. The average Bonchev–Trinajstić information content (AvgIpc) is 3.37. The molecule has 0 bridgehead atoms. The number of aromatic amines is 2. The SMILES string of the molecule is CCOC(=O)C1CCN(C(=O)c2cc(-c3ccnc4[nH]ccc34)c[nH]2)CC1.[HH].[HH]. The first-order chi connectivity index (χ1) is 13.2. The fourth-order valence-corrected chi connectivity index (χ4v) is 3.63. The summed E-state index contributed by atoms with van der Waals surface area (Å²) in [5.41, 5.74) is 3.35. The highest BCUT2D eigenvalue weighted by atomic mass is 16.5. The molecular weight excluding hydrogens is 344 g/mol. The molecule has 27 heavy (non-hydrogen) atoms. The van der Waals surface area contributed by atoms with Gasteiger partial charge in [0.05, 0.1) is 12.5 Å². The number of aromatic nitrogens is 3. The molecule has 7 nitrogen and oxygen atoms in total. The highest BCUT2D eigenvalue weighted by Crippen LogP contribution is 2.28. The van der Waals surface area contributed by atoms with Crippen molar-refractivity contribution in [1.82, 2.24) is 19.9 Å². The molecule has 0 spiro atoms. The maximum absolute atomic E-state index is 12.8. The molecule has 1 aliphatic heterocycles. The van der Waals surface area contributed by atoms with Crippen LogP contribution >= 0.6 is 0 Å². The molecule has 1 saturated heterocycles. The summed E-state index contributed by atoms with van der Waals surface area (Å²) in [5, 5.41) is 1.02. The van der Waals surface area contributed by atoms with E-state index in [2.05, 4.69) is 15.0 Å². The number of piperidine rings is 1. The molecule has 0 aliphatic carbocycles. The highest BCUT2D eigenvalue weighted by molar-refractivity contribution is 5.97. The Morgan fingerprint density at radius 1 is 1.30 bits per heavy atom. The van der Waals surface area contributed by atoms with Crippen LogP contribution in [-0.4, -0.2) is 51.4 Å². The van der Waals surface area contributed by atoms with E-state index in [1.54, 1.807) is 11.1 Å². The third-order valence-electron chi connectivity index (χ3n) is 5.09. The van der Waals surface area contributed by atoms with Crippen LogP contribution in [0.2, 0.25) is 0 Å². The average molecular weight is 370 g/mol. The molecule has 4 rings (SSSR count). The number of pyridine rings is 1. The number of fused-ring (bicyclic) bond motifs is 1. The lowest BCUT2D eigenvalue weighted by Crippen LogP contribution is -2.40. The minimum Gasteiger partial charge on any atom is -0.466 e. The van der Waals surface area contributed by atoms with Crippen molar-refractivity contribution >= 4 is 22.9 Å². The second kappa shape index (κ2) is 7.26. The van der Waals surface area contributed by atoms with Crippen LogP contribution in [0.3, 0.4) is 0 Å². The maximum atomic E-state index is 12.8. The molecule has 7 heteroatoms. The van der Waals surface area contributed by atoms with Crippen molar-refractivity contribution in [3.05, 3.63) is 42.5 Å². The zero-order valence-electron chi connectivity index (χ0n) is 15.2. The fourth-order valence-electron chi connectivity index (χ4n) is 3.63. The summed E-state index contributed by atoms with van der Waals surface area (Å²) in [5.74, 6) is -0.296. The molecular formula is C20H26N4O3. The summed E-state index contributed by atoms with van der Waals surface area (Å²) in [6, 6.07) is 5.80. The molecule has 1 amide bonds. The van der Waals surface area contributed by atoms with Gasteiger partial charge >= 0.3 is 5.97 Å². The first kappa shape index (κ1) is 17.3. The van der Waals surface area contributed by atoms with Gasteiger partial charge in [0.25, 0.3) is 5.91 Å². The van der Waals surface area contributed by atoms with Gasteiger partial charge in [-0.1, -0.05) is 0 Å². The minimum absolute atomic E-state index is 0. The summed E-state index contributed by atoms with van der Waals surface area (Å²) >= 11 is 0. The van der Waals surface area contributed by atoms with E-state index < -0.39 is 0 Å². The largest absolute Gasteiger partial charge is 0.466 e. The fraction of sp³-hybridized carbons (Fsp3) is 0.350. The van der Waals surface area contributed by atoms with Crippen molar-refractivity contribution in [3.63, 3.8) is 0 Å². The smallest absolute Gasteiger partial charge is 0.309 e. The second-order valence-corrected chi connectivity index (χ2v) is 6.72. The van der Waals surface area contributed by atoms with Gasteiger partial charge < -0.3 is 19.6 Å². The van der Waals surface area contributed by atoms with Crippen LogP contribution in [0.1, 0.15) is 33.1 Å². The Balaban J connectivity index is 0.00000150. The zero-order valence-corrected chi connectivity index (χ0v) is 15.2. The van der Waals surface area contributed by atoms with Crippen LogP contribution in [0.5, 0.6) is 0 Å². The van der Waals surface area contributed by atoms with Gasteiger partial charge in [-0.2, -0.15) is 0 Å². The van der Waals surface area contributed by atoms with Crippen molar-refractivity contribution < 1.29 is 17.2 Å². The monoisotopic (exact) mass is 370 g/mol. The number of nitrogens with one attached hydrogen (secondary N) is 2. The first-order valence-electron chi connectivity index (χ1n) is 9.24.